The first-order chi connectivity index (χ1) is 21.6. The van der Waals surface area contributed by atoms with E-state index in [1.54, 1.807) is 0 Å². The molecular formula is C39H70O5. The molecule has 1 atom stereocenters. The number of rotatable bonds is 33. The van der Waals surface area contributed by atoms with E-state index < -0.39 is 6.10 Å². The number of aliphatic hydroxyl groups excluding tert-OH is 1. The van der Waals surface area contributed by atoms with E-state index in [1.165, 1.54) is 89.9 Å². The fourth-order valence-corrected chi connectivity index (χ4v) is 5.16. The fraction of sp³-hybridized carbons (Fsp3) is 0.795. The number of carbonyl (C=O) groups is 2. The molecule has 5 nitrogen and oxygen atoms in total. The summed E-state index contributed by atoms with van der Waals surface area (Å²) in [6.07, 6.45) is 42.0. The van der Waals surface area contributed by atoms with Crippen LogP contribution in [-0.4, -0.2) is 36.4 Å². The lowest BCUT2D eigenvalue weighted by atomic mass is 10.0. The lowest BCUT2D eigenvalue weighted by molar-refractivity contribution is -0.161. The number of unbranched alkanes of at least 4 members (excludes halogenated alkanes) is 19. The van der Waals surface area contributed by atoms with E-state index in [-0.39, 0.29) is 25.2 Å². The Morgan fingerprint density at radius 2 is 0.977 bits per heavy atom. The molecule has 0 aliphatic carbocycles. The van der Waals surface area contributed by atoms with E-state index in [0.717, 1.165) is 64.2 Å². The second kappa shape index (κ2) is 35.6. The molecule has 1 N–H and O–H groups in total. The summed E-state index contributed by atoms with van der Waals surface area (Å²) in [5.41, 5.74) is 0. The van der Waals surface area contributed by atoms with Crippen molar-refractivity contribution in [3.05, 3.63) is 36.5 Å². The average Bonchev–Trinajstić information content (AvgIpc) is 3.02. The number of ether oxygens (including phenoxy) is 2. The maximum Gasteiger partial charge on any atom is 0.306 e. The van der Waals surface area contributed by atoms with E-state index in [0.29, 0.717) is 12.8 Å². The number of allylic oxidation sites excluding steroid dienone is 6. The first kappa shape index (κ1) is 42.1. The van der Waals surface area contributed by atoms with Crippen LogP contribution in [0.5, 0.6) is 0 Å². The molecule has 0 rings (SSSR count). The predicted octanol–water partition coefficient (Wildman–Crippen LogP) is 11.3. The Labute approximate surface area is 272 Å². The molecule has 0 aromatic carbocycles. The van der Waals surface area contributed by atoms with Gasteiger partial charge in [-0.25, -0.2) is 0 Å². The summed E-state index contributed by atoms with van der Waals surface area (Å²) in [6, 6.07) is 0. The van der Waals surface area contributed by atoms with Crippen molar-refractivity contribution >= 4 is 11.9 Å². The van der Waals surface area contributed by atoms with Gasteiger partial charge in [-0.15, -0.1) is 0 Å². The lowest BCUT2D eigenvalue weighted by Gasteiger charge is -2.15. The summed E-state index contributed by atoms with van der Waals surface area (Å²) in [6.45, 7) is 4.01. The first-order valence-electron chi connectivity index (χ1n) is 18.5. The highest BCUT2D eigenvalue weighted by Gasteiger charge is 2.16. The standard InChI is InChI=1S/C39H70O5/c1-3-5-7-9-11-13-15-17-19-21-23-25-27-29-31-33-38(41)43-36-37(35-40)44-39(42)34-32-30-28-26-24-22-20-18-16-14-12-10-8-6-4-2/h5,7,11,13,17,19,37,40H,3-4,6,8-10,12,14-16,18,20-36H2,1-2H3/t37-/m0/s1. The van der Waals surface area contributed by atoms with Crippen molar-refractivity contribution in [2.75, 3.05) is 13.2 Å². The van der Waals surface area contributed by atoms with E-state index in [9.17, 15) is 14.7 Å². The molecule has 0 aliphatic rings. The van der Waals surface area contributed by atoms with Crippen LogP contribution in [0.1, 0.15) is 181 Å². The third kappa shape index (κ3) is 33.0. The van der Waals surface area contributed by atoms with Gasteiger partial charge in [-0.05, 0) is 44.9 Å². The van der Waals surface area contributed by atoms with Crippen molar-refractivity contribution < 1.29 is 24.2 Å². The Balaban J connectivity index is 3.58. The quantitative estimate of drug-likeness (QED) is 0.0450. The minimum absolute atomic E-state index is 0.0725. The molecule has 0 heterocycles. The molecule has 0 saturated heterocycles. The van der Waals surface area contributed by atoms with Gasteiger partial charge in [0, 0.05) is 12.8 Å². The molecule has 5 heteroatoms. The molecule has 0 unspecified atom stereocenters. The Bertz CT molecular complexity index is 711. The Hall–Kier alpha value is -1.88. The van der Waals surface area contributed by atoms with Gasteiger partial charge in [0.15, 0.2) is 6.10 Å². The normalized spacial score (nSPS) is 12.5. The zero-order chi connectivity index (χ0) is 32.2. The van der Waals surface area contributed by atoms with Crippen LogP contribution in [-0.2, 0) is 19.1 Å². The molecule has 0 aliphatic heterocycles. The van der Waals surface area contributed by atoms with Crippen LogP contribution in [0.2, 0.25) is 0 Å². The van der Waals surface area contributed by atoms with Gasteiger partial charge in [-0.1, -0.05) is 159 Å². The van der Waals surface area contributed by atoms with Crippen LogP contribution in [0.3, 0.4) is 0 Å². The smallest absolute Gasteiger partial charge is 0.306 e. The molecule has 0 spiro atoms. The summed E-state index contributed by atoms with van der Waals surface area (Å²) in [7, 11) is 0. The highest BCUT2D eigenvalue weighted by molar-refractivity contribution is 5.70. The summed E-state index contributed by atoms with van der Waals surface area (Å²) < 4.78 is 10.6. The van der Waals surface area contributed by atoms with Gasteiger partial charge in [-0.2, -0.15) is 0 Å². The number of hydrogen-bond acceptors (Lipinski definition) is 5. The third-order valence-corrected chi connectivity index (χ3v) is 7.95. The largest absolute Gasteiger partial charge is 0.462 e. The first-order valence-corrected chi connectivity index (χ1v) is 18.5. The lowest BCUT2D eigenvalue weighted by Crippen LogP contribution is -2.28. The highest BCUT2D eigenvalue weighted by Crippen LogP contribution is 2.14. The van der Waals surface area contributed by atoms with Crippen LogP contribution in [0, 0.1) is 0 Å². The van der Waals surface area contributed by atoms with Gasteiger partial charge in [-0.3, -0.25) is 9.59 Å². The summed E-state index contributed by atoms with van der Waals surface area (Å²) in [5, 5.41) is 9.53. The van der Waals surface area contributed by atoms with E-state index in [2.05, 4.69) is 50.3 Å². The minimum atomic E-state index is -0.774. The van der Waals surface area contributed by atoms with Crippen molar-refractivity contribution in [1.82, 2.24) is 0 Å². The predicted molar refractivity (Wildman–Crippen MR) is 187 cm³/mol. The van der Waals surface area contributed by atoms with E-state index in [4.69, 9.17) is 9.47 Å². The maximum atomic E-state index is 12.1. The Morgan fingerprint density at radius 1 is 0.545 bits per heavy atom. The average molecular weight is 619 g/mol. The van der Waals surface area contributed by atoms with Crippen LogP contribution in [0.15, 0.2) is 36.5 Å². The van der Waals surface area contributed by atoms with Crippen molar-refractivity contribution in [2.45, 2.75) is 187 Å². The third-order valence-electron chi connectivity index (χ3n) is 7.95. The minimum Gasteiger partial charge on any atom is -0.462 e. The Morgan fingerprint density at radius 3 is 1.48 bits per heavy atom. The van der Waals surface area contributed by atoms with Gasteiger partial charge in [0.1, 0.15) is 6.61 Å². The molecular weight excluding hydrogens is 548 g/mol. The number of carbonyl (C=O) groups excluding carboxylic acids is 2. The second-order valence-corrected chi connectivity index (χ2v) is 12.3. The molecule has 0 bridgehead atoms. The fourth-order valence-electron chi connectivity index (χ4n) is 5.16. The summed E-state index contributed by atoms with van der Waals surface area (Å²) >= 11 is 0. The highest BCUT2D eigenvalue weighted by atomic mass is 16.6. The summed E-state index contributed by atoms with van der Waals surface area (Å²) in [4.78, 5) is 24.2. The Kier molecular flexibility index (Phi) is 34.1. The van der Waals surface area contributed by atoms with E-state index >= 15 is 0 Å². The van der Waals surface area contributed by atoms with Gasteiger partial charge in [0.25, 0.3) is 0 Å². The van der Waals surface area contributed by atoms with Gasteiger partial charge in [0.05, 0.1) is 6.61 Å². The van der Waals surface area contributed by atoms with Crippen molar-refractivity contribution in [3.63, 3.8) is 0 Å². The molecule has 0 saturated carbocycles. The molecule has 44 heavy (non-hydrogen) atoms. The van der Waals surface area contributed by atoms with Gasteiger partial charge in [0.2, 0.25) is 0 Å². The molecule has 0 fully saturated rings. The summed E-state index contributed by atoms with van der Waals surface area (Å²) in [5.74, 6) is -0.607. The SMILES string of the molecule is CCC=CCC=CCC=CCCCCCCCC(=O)OC[C@H](CO)OC(=O)CCCCCCCCCCCCCCCCC. The zero-order valence-electron chi connectivity index (χ0n) is 28.9. The molecule has 0 radical (unpaired) electrons. The number of esters is 2. The molecule has 0 aromatic heterocycles. The molecule has 0 aromatic rings. The zero-order valence-corrected chi connectivity index (χ0v) is 28.9. The molecule has 0 amide bonds. The van der Waals surface area contributed by atoms with Crippen molar-refractivity contribution in [2.24, 2.45) is 0 Å². The monoisotopic (exact) mass is 619 g/mol. The number of hydrogen-bond donors (Lipinski definition) is 1. The van der Waals surface area contributed by atoms with E-state index in [1.807, 2.05) is 0 Å². The van der Waals surface area contributed by atoms with Gasteiger partial charge < -0.3 is 14.6 Å². The topological polar surface area (TPSA) is 72.8 Å². The second-order valence-electron chi connectivity index (χ2n) is 12.3. The van der Waals surface area contributed by atoms with Crippen LogP contribution >= 0.6 is 0 Å². The van der Waals surface area contributed by atoms with Crippen LogP contribution in [0.25, 0.3) is 0 Å². The van der Waals surface area contributed by atoms with Crippen LogP contribution in [0.4, 0.5) is 0 Å². The van der Waals surface area contributed by atoms with Crippen molar-refractivity contribution in [1.29, 1.82) is 0 Å². The van der Waals surface area contributed by atoms with Crippen molar-refractivity contribution in [3.8, 4) is 0 Å². The molecule has 256 valence electrons. The van der Waals surface area contributed by atoms with Gasteiger partial charge >= 0.3 is 11.9 Å². The number of aliphatic hydroxyl groups is 1. The van der Waals surface area contributed by atoms with Crippen LogP contribution < -0.4 is 0 Å². The maximum absolute atomic E-state index is 12.1.